The normalized spacial score (nSPS) is 10.6. The maximum absolute atomic E-state index is 12.0. The molecule has 0 saturated carbocycles. The molecule has 4 heteroatoms. The van der Waals surface area contributed by atoms with Crippen LogP contribution in [0.4, 0.5) is 5.82 Å². The Kier molecular flexibility index (Phi) is 5.72. The third kappa shape index (κ3) is 4.45. The molecule has 0 bridgehead atoms. The first-order chi connectivity index (χ1) is 10.7. The van der Waals surface area contributed by atoms with Gasteiger partial charge in [-0.05, 0) is 37.1 Å². The number of nitrogens with one attached hydrogen (secondary N) is 1. The van der Waals surface area contributed by atoms with E-state index in [4.69, 9.17) is 4.74 Å². The second kappa shape index (κ2) is 7.98. The second-order valence-electron chi connectivity index (χ2n) is 4.88. The monoisotopic (exact) mass is 296 g/mol. The van der Waals surface area contributed by atoms with Gasteiger partial charge in [-0.3, -0.25) is 4.79 Å². The van der Waals surface area contributed by atoms with Gasteiger partial charge in [0.2, 0.25) is 5.91 Å². The summed E-state index contributed by atoms with van der Waals surface area (Å²) in [6, 6.07) is 11.4. The van der Waals surface area contributed by atoms with E-state index in [0.717, 1.165) is 23.3 Å². The summed E-state index contributed by atoms with van der Waals surface area (Å²) in [5, 5.41) is 2.77. The van der Waals surface area contributed by atoms with Crippen LogP contribution in [0.25, 0.3) is 6.08 Å². The standard InChI is InChI=1S/C18H20N2O2/c1-3-13-22-16-9-5-4-8-15(16)10-11-17(21)20-18-14(2)7-6-12-19-18/h4-12H,3,13H2,1-2H3,(H,19,20,21)/b11-10+. The molecule has 0 atom stereocenters. The fraction of sp³-hybridized carbons (Fsp3) is 0.222. The molecule has 0 fully saturated rings. The summed E-state index contributed by atoms with van der Waals surface area (Å²) in [7, 11) is 0. The summed E-state index contributed by atoms with van der Waals surface area (Å²) in [4.78, 5) is 16.1. The predicted molar refractivity (Wildman–Crippen MR) is 88.9 cm³/mol. The minimum absolute atomic E-state index is 0.216. The molecule has 1 aromatic heterocycles. The number of carbonyl (C=O) groups excluding carboxylic acids is 1. The van der Waals surface area contributed by atoms with Crippen LogP contribution >= 0.6 is 0 Å². The van der Waals surface area contributed by atoms with Gasteiger partial charge < -0.3 is 10.1 Å². The van der Waals surface area contributed by atoms with Crippen LogP contribution < -0.4 is 10.1 Å². The van der Waals surface area contributed by atoms with E-state index in [1.807, 2.05) is 43.3 Å². The number of hydrogen-bond acceptors (Lipinski definition) is 3. The molecule has 114 valence electrons. The van der Waals surface area contributed by atoms with E-state index in [-0.39, 0.29) is 5.91 Å². The third-order valence-corrected chi connectivity index (χ3v) is 3.05. The molecule has 0 aliphatic carbocycles. The summed E-state index contributed by atoms with van der Waals surface area (Å²) in [5.74, 6) is 1.14. The van der Waals surface area contributed by atoms with E-state index in [1.165, 1.54) is 6.08 Å². The maximum atomic E-state index is 12.0. The molecular weight excluding hydrogens is 276 g/mol. The average molecular weight is 296 g/mol. The number of anilines is 1. The number of rotatable bonds is 6. The summed E-state index contributed by atoms with van der Waals surface area (Å²) < 4.78 is 5.66. The lowest BCUT2D eigenvalue weighted by Crippen LogP contribution is -2.10. The van der Waals surface area contributed by atoms with Crippen LogP contribution in [0.15, 0.2) is 48.7 Å². The summed E-state index contributed by atoms with van der Waals surface area (Å²) in [6.45, 7) is 4.62. The minimum Gasteiger partial charge on any atom is -0.493 e. The highest BCUT2D eigenvalue weighted by Gasteiger charge is 2.03. The molecule has 4 nitrogen and oxygen atoms in total. The zero-order valence-corrected chi connectivity index (χ0v) is 12.9. The molecule has 1 heterocycles. The number of nitrogens with zero attached hydrogens (tertiary/aromatic N) is 1. The Hall–Kier alpha value is -2.62. The fourth-order valence-corrected chi connectivity index (χ4v) is 1.90. The second-order valence-corrected chi connectivity index (χ2v) is 4.88. The Labute approximate surface area is 130 Å². The Morgan fingerprint density at radius 2 is 2.09 bits per heavy atom. The number of ether oxygens (including phenoxy) is 1. The van der Waals surface area contributed by atoms with E-state index in [1.54, 1.807) is 12.3 Å². The molecule has 0 unspecified atom stereocenters. The SMILES string of the molecule is CCCOc1ccccc1/C=C/C(=O)Nc1ncccc1C. The van der Waals surface area contributed by atoms with Crippen molar-refractivity contribution in [2.45, 2.75) is 20.3 Å². The van der Waals surface area contributed by atoms with Crippen molar-refractivity contribution in [1.29, 1.82) is 0 Å². The van der Waals surface area contributed by atoms with Gasteiger partial charge in [-0.15, -0.1) is 0 Å². The topological polar surface area (TPSA) is 51.2 Å². The Morgan fingerprint density at radius 3 is 2.86 bits per heavy atom. The van der Waals surface area contributed by atoms with E-state index in [9.17, 15) is 4.79 Å². The van der Waals surface area contributed by atoms with Gasteiger partial charge in [0.25, 0.3) is 0 Å². The lowest BCUT2D eigenvalue weighted by Gasteiger charge is -2.08. The lowest BCUT2D eigenvalue weighted by atomic mass is 10.2. The van der Waals surface area contributed by atoms with E-state index >= 15 is 0 Å². The number of amides is 1. The zero-order chi connectivity index (χ0) is 15.8. The smallest absolute Gasteiger partial charge is 0.249 e. The van der Waals surface area contributed by atoms with Crippen molar-refractivity contribution >= 4 is 17.8 Å². The molecule has 2 aromatic rings. The number of pyridine rings is 1. The molecule has 1 amide bonds. The number of carbonyl (C=O) groups is 1. The molecule has 1 N–H and O–H groups in total. The van der Waals surface area contributed by atoms with Crippen LogP contribution in [0.1, 0.15) is 24.5 Å². The van der Waals surface area contributed by atoms with Crippen LogP contribution in [0, 0.1) is 6.92 Å². The first-order valence-electron chi connectivity index (χ1n) is 7.33. The average Bonchev–Trinajstić information content (AvgIpc) is 2.54. The van der Waals surface area contributed by atoms with Crippen LogP contribution in [-0.2, 0) is 4.79 Å². The van der Waals surface area contributed by atoms with E-state index in [2.05, 4.69) is 17.2 Å². The quantitative estimate of drug-likeness (QED) is 0.824. The minimum atomic E-state index is -0.216. The largest absolute Gasteiger partial charge is 0.493 e. The van der Waals surface area contributed by atoms with Crippen molar-refractivity contribution in [1.82, 2.24) is 4.98 Å². The highest BCUT2D eigenvalue weighted by Crippen LogP contribution is 2.19. The van der Waals surface area contributed by atoms with Gasteiger partial charge in [-0.2, -0.15) is 0 Å². The van der Waals surface area contributed by atoms with Crippen molar-refractivity contribution in [2.75, 3.05) is 11.9 Å². The zero-order valence-electron chi connectivity index (χ0n) is 12.9. The lowest BCUT2D eigenvalue weighted by molar-refractivity contribution is -0.111. The number of benzene rings is 1. The van der Waals surface area contributed by atoms with E-state index in [0.29, 0.717) is 12.4 Å². The predicted octanol–water partition coefficient (Wildman–Crippen LogP) is 3.83. The van der Waals surface area contributed by atoms with Crippen LogP contribution in [0.5, 0.6) is 5.75 Å². The summed E-state index contributed by atoms with van der Waals surface area (Å²) >= 11 is 0. The number of aromatic nitrogens is 1. The van der Waals surface area contributed by atoms with E-state index < -0.39 is 0 Å². The highest BCUT2D eigenvalue weighted by molar-refractivity contribution is 6.01. The fourth-order valence-electron chi connectivity index (χ4n) is 1.90. The molecule has 0 saturated heterocycles. The van der Waals surface area contributed by atoms with Gasteiger partial charge in [0.05, 0.1) is 6.61 Å². The van der Waals surface area contributed by atoms with Crippen LogP contribution in [0.3, 0.4) is 0 Å². The summed E-state index contributed by atoms with van der Waals surface area (Å²) in [5.41, 5.74) is 1.81. The van der Waals surface area contributed by atoms with Gasteiger partial charge in [0.15, 0.2) is 0 Å². The van der Waals surface area contributed by atoms with Gasteiger partial charge in [-0.25, -0.2) is 4.98 Å². The maximum Gasteiger partial charge on any atom is 0.249 e. The van der Waals surface area contributed by atoms with Gasteiger partial charge in [0.1, 0.15) is 11.6 Å². The molecule has 1 aromatic carbocycles. The van der Waals surface area contributed by atoms with Crippen molar-refractivity contribution in [3.63, 3.8) is 0 Å². The molecule has 0 aliphatic heterocycles. The number of aryl methyl sites for hydroxylation is 1. The van der Waals surface area contributed by atoms with Crippen LogP contribution in [0.2, 0.25) is 0 Å². The molecule has 2 rings (SSSR count). The van der Waals surface area contributed by atoms with Gasteiger partial charge in [-0.1, -0.05) is 31.2 Å². The van der Waals surface area contributed by atoms with Gasteiger partial charge >= 0.3 is 0 Å². The Morgan fingerprint density at radius 1 is 1.27 bits per heavy atom. The van der Waals surface area contributed by atoms with Crippen molar-refractivity contribution < 1.29 is 9.53 Å². The van der Waals surface area contributed by atoms with Crippen molar-refractivity contribution in [3.05, 3.63) is 59.8 Å². The van der Waals surface area contributed by atoms with Crippen LogP contribution in [-0.4, -0.2) is 17.5 Å². The van der Waals surface area contributed by atoms with Crippen molar-refractivity contribution in [2.24, 2.45) is 0 Å². The Bertz CT molecular complexity index is 666. The molecule has 0 radical (unpaired) electrons. The first-order valence-corrected chi connectivity index (χ1v) is 7.33. The molecule has 0 spiro atoms. The number of para-hydroxylation sites is 1. The summed E-state index contributed by atoms with van der Waals surface area (Å²) in [6.07, 6.45) is 5.83. The highest BCUT2D eigenvalue weighted by atomic mass is 16.5. The number of hydrogen-bond donors (Lipinski definition) is 1. The third-order valence-electron chi connectivity index (χ3n) is 3.05. The molecular formula is C18H20N2O2. The Balaban J connectivity index is 2.05. The van der Waals surface area contributed by atoms with Gasteiger partial charge in [0, 0.05) is 17.8 Å². The van der Waals surface area contributed by atoms with Crippen molar-refractivity contribution in [3.8, 4) is 5.75 Å². The molecule has 0 aliphatic rings. The first kappa shape index (κ1) is 15.8. The molecule has 22 heavy (non-hydrogen) atoms.